The molecule has 0 aliphatic rings. The minimum atomic E-state index is 0.533. The zero-order valence-corrected chi connectivity index (χ0v) is 10.3. The standard InChI is InChI=1S/C12H28N2/c1-4-6-7-8-9-10-11-14(13)12(3)5-2/h12H,4-11,13H2,1-3H3. The maximum Gasteiger partial charge on any atom is 0.0210 e. The molecule has 1 atom stereocenters. The van der Waals surface area contributed by atoms with Gasteiger partial charge in [-0.1, -0.05) is 46.0 Å². The molecule has 2 N–H and O–H groups in total. The van der Waals surface area contributed by atoms with E-state index in [0.29, 0.717) is 6.04 Å². The number of nitrogens with two attached hydrogens (primary N) is 1. The van der Waals surface area contributed by atoms with Gasteiger partial charge in [0.25, 0.3) is 0 Å². The average Bonchev–Trinajstić information content (AvgIpc) is 2.21. The number of unbranched alkanes of at least 4 members (excludes halogenated alkanes) is 5. The Labute approximate surface area is 89.8 Å². The lowest BCUT2D eigenvalue weighted by atomic mass is 10.1. The Hall–Kier alpha value is -0.0800. The van der Waals surface area contributed by atoms with Crippen LogP contribution in [0.5, 0.6) is 0 Å². The molecule has 0 amide bonds. The van der Waals surface area contributed by atoms with E-state index in [9.17, 15) is 0 Å². The van der Waals surface area contributed by atoms with Gasteiger partial charge in [-0.05, 0) is 19.8 Å². The van der Waals surface area contributed by atoms with Gasteiger partial charge in [-0.3, -0.25) is 5.84 Å². The number of hydrogen-bond acceptors (Lipinski definition) is 2. The molecule has 0 radical (unpaired) electrons. The molecule has 0 bridgehead atoms. The summed E-state index contributed by atoms with van der Waals surface area (Å²) >= 11 is 0. The van der Waals surface area contributed by atoms with E-state index in [0.717, 1.165) is 13.0 Å². The van der Waals surface area contributed by atoms with Crippen LogP contribution in [-0.2, 0) is 0 Å². The Balaban J connectivity index is 3.18. The molecule has 0 spiro atoms. The summed E-state index contributed by atoms with van der Waals surface area (Å²) < 4.78 is 0. The maximum absolute atomic E-state index is 5.90. The highest BCUT2D eigenvalue weighted by Gasteiger charge is 2.05. The van der Waals surface area contributed by atoms with Crippen LogP contribution in [0.15, 0.2) is 0 Å². The van der Waals surface area contributed by atoms with E-state index in [1.165, 1.54) is 38.5 Å². The lowest BCUT2D eigenvalue weighted by Gasteiger charge is -2.22. The summed E-state index contributed by atoms with van der Waals surface area (Å²) in [5.74, 6) is 5.90. The topological polar surface area (TPSA) is 29.3 Å². The van der Waals surface area contributed by atoms with Gasteiger partial charge in [-0.2, -0.15) is 0 Å². The van der Waals surface area contributed by atoms with Crippen molar-refractivity contribution >= 4 is 0 Å². The first-order valence-electron chi connectivity index (χ1n) is 6.23. The van der Waals surface area contributed by atoms with E-state index in [2.05, 4.69) is 20.8 Å². The highest BCUT2D eigenvalue weighted by molar-refractivity contribution is 4.58. The van der Waals surface area contributed by atoms with E-state index in [1.807, 2.05) is 5.01 Å². The summed E-state index contributed by atoms with van der Waals surface area (Å²) in [6, 6.07) is 0.533. The fourth-order valence-corrected chi connectivity index (χ4v) is 1.53. The van der Waals surface area contributed by atoms with Gasteiger partial charge in [-0.15, -0.1) is 0 Å². The van der Waals surface area contributed by atoms with Gasteiger partial charge in [0.1, 0.15) is 0 Å². The van der Waals surface area contributed by atoms with Crippen LogP contribution in [0, 0.1) is 0 Å². The first kappa shape index (κ1) is 13.9. The Morgan fingerprint density at radius 2 is 1.57 bits per heavy atom. The molecule has 0 saturated carbocycles. The molecule has 2 heteroatoms. The molecule has 0 heterocycles. The van der Waals surface area contributed by atoms with E-state index in [-0.39, 0.29) is 0 Å². The molecule has 0 aromatic carbocycles. The highest BCUT2D eigenvalue weighted by Crippen LogP contribution is 2.06. The van der Waals surface area contributed by atoms with Crippen molar-refractivity contribution in [1.29, 1.82) is 0 Å². The summed E-state index contributed by atoms with van der Waals surface area (Å²) in [7, 11) is 0. The first-order valence-corrected chi connectivity index (χ1v) is 6.23. The zero-order valence-electron chi connectivity index (χ0n) is 10.3. The molecular weight excluding hydrogens is 172 g/mol. The van der Waals surface area contributed by atoms with Gasteiger partial charge in [-0.25, -0.2) is 5.01 Å². The summed E-state index contributed by atoms with van der Waals surface area (Å²) in [4.78, 5) is 0. The van der Waals surface area contributed by atoms with Crippen molar-refractivity contribution < 1.29 is 0 Å². The van der Waals surface area contributed by atoms with Crippen LogP contribution in [0.3, 0.4) is 0 Å². The van der Waals surface area contributed by atoms with Crippen molar-refractivity contribution in [2.24, 2.45) is 5.84 Å². The molecule has 2 nitrogen and oxygen atoms in total. The minimum Gasteiger partial charge on any atom is -0.269 e. The maximum atomic E-state index is 5.90. The van der Waals surface area contributed by atoms with Gasteiger partial charge in [0.15, 0.2) is 0 Å². The first-order chi connectivity index (χ1) is 6.72. The molecule has 0 aromatic rings. The van der Waals surface area contributed by atoms with Crippen LogP contribution < -0.4 is 5.84 Å². The fraction of sp³-hybridized carbons (Fsp3) is 1.00. The van der Waals surface area contributed by atoms with E-state index in [1.54, 1.807) is 0 Å². The summed E-state index contributed by atoms with van der Waals surface area (Å²) in [6.07, 6.45) is 9.22. The Kier molecular flexibility index (Phi) is 9.42. The predicted molar refractivity (Wildman–Crippen MR) is 64.0 cm³/mol. The van der Waals surface area contributed by atoms with Crippen molar-refractivity contribution in [3.63, 3.8) is 0 Å². The van der Waals surface area contributed by atoms with Crippen molar-refractivity contribution in [3.05, 3.63) is 0 Å². The van der Waals surface area contributed by atoms with Gasteiger partial charge in [0.2, 0.25) is 0 Å². The third kappa shape index (κ3) is 7.34. The van der Waals surface area contributed by atoms with E-state index >= 15 is 0 Å². The van der Waals surface area contributed by atoms with Gasteiger partial charge in [0.05, 0.1) is 0 Å². The van der Waals surface area contributed by atoms with Crippen molar-refractivity contribution in [3.8, 4) is 0 Å². The molecule has 0 aromatic heterocycles. The van der Waals surface area contributed by atoms with Crippen LogP contribution >= 0.6 is 0 Å². The molecule has 1 unspecified atom stereocenters. The Morgan fingerprint density at radius 3 is 2.14 bits per heavy atom. The second-order valence-electron chi connectivity index (χ2n) is 4.26. The second-order valence-corrected chi connectivity index (χ2v) is 4.26. The minimum absolute atomic E-state index is 0.533. The monoisotopic (exact) mass is 200 g/mol. The summed E-state index contributed by atoms with van der Waals surface area (Å²) in [5.41, 5.74) is 0. The van der Waals surface area contributed by atoms with Crippen LogP contribution in [0.2, 0.25) is 0 Å². The average molecular weight is 200 g/mol. The van der Waals surface area contributed by atoms with Crippen LogP contribution in [0.1, 0.15) is 65.7 Å². The number of hydrogen-bond donors (Lipinski definition) is 1. The molecule has 0 aliphatic carbocycles. The quantitative estimate of drug-likeness (QED) is 0.351. The number of rotatable bonds is 9. The largest absolute Gasteiger partial charge is 0.269 e. The van der Waals surface area contributed by atoms with E-state index < -0.39 is 0 Å². The molecule has 0 rings (SSSR count). The molecule has 0 fully saturated rings. The smallest absolute Gasteiger partial charge is 0.0210 e. The third-order valence-corrected chi connectivity index (χ3v) is 2.93. The summed E-state index contributed by atoms with van der Waals surface area (Å²) in [6.45, 7) is 7.69. The number of hydrazine groups is 1. The second kappa shape index (κ2) is 9.47. The molecule has 14 heavy (non-hydrogen) atoms. The van der Waals surface area contributed by atoms with Crippen molar-refractivity contribution in [2.75, 3.05) is 6.54 Å². The Morgan fingerprint density at radius 1 is 1.00 bits per heavy atom. The van der Waals surface area contributed by atoms with Crippen LogP contribution in [0.4, 0.5) is 0 Å². The van der Waals surface area contributed by atoms with E-state index in [4.69, 9.17) is 5.84 Å². The molecule has 0 aliphatic heterocycles. The Bertz CT molecular complexity index is 115. The molecule has 0 saturated heterocycles. The summed E-state index contributed by atoms with van der Waals surface area (Å²) in [5, 5.41) is 1.99. The van der Waals surface area contributed by atoms with Gasteiger partial charge >= 0.3 is 0 Å². The van der Waals surface area contributed by atoms with Crippen LogP contribution in [-0.4, -0.2) is 17.6 Å². The SMILES string of the molecule is CCCCCCCCN(N)C(C)CC. The molecule has 86 valence electrons. The van der Waals surface area contributed by atoms with Gasteiger partial charge < -0.3 is 0 Å². The van der Waals surface area contributed by atoms with Crippen molar-refractivity contribution in [2.45, 2.75) is 71.8 Å². The van der Waals surface area contributed by atoms with Crippen LogP contribution in [0.25, 0.3) is 0 Å². The lowest BCUT2D eigenvalue weighted by molar-refractivity contribution is 0.204. The highest BCUT2D eigenvalue weighted by atomic mass is 15.4. The van der Waals surface area contributed by atoms with Crippen molar-refractivity contribution in [1.82, 2.24) is 5.01 Å². The normalized spacial score (nSPS) is 13.5. The number of nitrogens with zero attached hydrogens (tertiary/aromatic N) is 1. The third-order valence-electron chi connectivity index (χ3n) is 2.93. The predicted octanol–water partition coefficient (Wildman–Crippen LogP) is 3.32. The molecular formula is C12H28N2. The zero-order chi connectivity index (χ0) is 10.8. The lowest BCUT2D eigenvalue weighted by Crippen LogP contribution is -2.39. The van der Waals surface area contributed by atoms with Gasteiger partial charge in [0, 0.05) is 12.6 Å². The fourth-order valence-electron chi connectivity index (χ4n) is 1.53.